The summed E-state index contributed by atoms with van der Waals surface area (Å²) in [6.07, 6.45) is -1.23. The van der Waals surface area contributed by atoms with Gasteiger partial charge in [0.25, 0.3) is 0 Å². The van der Waals surface area contributed by atoms with E-state index in [9.17, 15) is 14.4 Å². The first-order valence-corrected chi connectivity index (χ1v) is 5.39. The van der Waals surface area contributed by atoms with E-state index in [0.717, 1.165) is 4.90 Å². The van der Waals surface area contributed by atoms with Gasteiger partial charge in [-0.25, -0.2) is 9.69 Å². The summed E-state index contributed by atoms with van der Waals surface area (Å²) in [5.74, 6) is -0.848. The number of carbonyl (C=O) groups is 3. The quantitative estimate of drug-likeness (QED) is 0.644. The highest BCUT2D eigenvalue weighted by atomic mass is 16.6. The van der Waals surface area contributed by atoms with E-state index < -0.39 is 23.8 Å². The average molecular weight is 243 g/mol. The summed E-state index contributed by atoms with van der Waals surface area (Å²) in [4.78, 5) is 34.9. The van der Waals surface area contributed by atoms with Crippen molar-refractivity contribution >= 4 is 18.0 Å². The molecule has 1 unspecified atom stereocenters. The minimum absolute atomic E-state index is 0.0266. The molecular weight excluding hydrogens is 226 g/mol. The summed E-state index contributed by atoms with van der Waals surface area (Å²) < 4.78 is 9.95. The number of ether oxygens (including phenoxy) is 2. The highest BCUT2D eigenvalue weighted by molar-refractivity contribution is 5.94. The van der Waals surface area contributed by atoms with Crippen molar-refractivity contribution < 1.29 is 23.9 Å². The van der Waals surface area contributed by atoms with E-state index in [1.165, 1.54) is 6.92 Å². The van der Waals surface area contributed by atoms with E-state index in [4.69, 9.17) is 9.47 Å². The normalized spacial score (nSPS) is 20.4. The largest absolute Gasteiger partial charge is 0.460 e. The number of esters is 1. The predicted octanol–water partition coefficient (Wildman–Crippen LogP) is 1.09. The molecule has 1 aliphatic heterocycles. The van der Waals surface area contributed by atoms with E-state index in [2.05, 4.69) is 0 Å². The molecule has 0 aromatic heterocycles. The molecule has 0 saturated carbocycles. The van der Waals surface area contributed by atoms with Crippen LogP contribution in [0.4, 0.5) is 4.79 Å². The summed E-state index contributed by atoms with van der Waals surface area (Å²) in [7, 11) is 0. The molecule has 0 aromatic rings. The Morgan fingerprint density at radius 2 is 1.94 bits per heavy atom. The lowest BCUT2D eigenvalue weighted by Crippen LogP contribution is -2.38. The van der Waals surface area contributed by atoms with Gasteiger partial charge in [-0.3, -0.25) is 9.59 Å². The first-order valence-electron chi connectivity index (χ1n) is 5.39. The number of hydrogen-bond donors (Lipinski definition) is 0. The van der Waals surface area contributed by atoms with Crippen molar-refractivity contribution in [2.24, 2.45) is 0 Å². The zero-order valence-corrected chi connectivity index (χ0v) is 10.5. The number of rotatable bonds is 1. The van der Waals surface area contributed by atoms with Crippen LogP contribution in [-0.4, -0.2) is 41.1 Å². The van der Waals surface area contributed by atoms with Crippen LogP contribution in [0.3, 0.4) is 0 Å². The topological polar surface area (TPSA) is 72.9 Å². The summed E-state index contributed by atoms with van der Waals surface area (Å²) in [5, 5.41) is 0. The molecule has 0 aliphatic carbocycles. The Balaban J connectivity index is 2.59. The number of carbonyl (C=O) groups excluding carboxylic acids is 3. The van der Waals surface area contributed by atoms with Gasteiger partial charge < -0.3 is 9.47 Å². The Hall–Kier alpha value is -1.59. The average Bonchev–Trinajstić information content (AvgIpc) is 2.42. The van der Waals surface area contributed by atoms with Crippen molar-refractivity contribution in [2.75, 3.05) is 6.54 Å². The summed E-state index contributed by atoms with van der Waals surface area (Å²) in [6, 6.07) is 0. The lowest BCUT2D eigenvalue weighted by Gasteiger charge is -2.23. The summed E-state index contributed by atoms with van der Waals surface area (Å²) >= 11 is 0. The smallest absolute Gasteiger partial charge is 0.417 e. The predicted molar refractivity (Wildman–Crippen MR) is 58.1 cm³/mol. The van der Waals surface area contributed by atoms with E-state index in [-0.39, 0.29) is 18.9 Å². The Morgan fingerprint density at radius 1 is 1.35 bits per heavy atom. The molecule has 1 atom stereocenters. The van der Waals surface area contributed by atoms with E-state index in [1.807, 2.05) is 0 Å². The molecular formula is C11H17NO5. The number of imide groups is 1. The summed E-state index contributed by atoms with van der Waals surface area (Å²) in [6.45, 7) is 6.48. The van der Waals surface area contributed by atoms with Gasteiger partial charge in [0.2, 0.25) is 5.91 Å². The molecule has 96 valence electrons. The Kier molecular flexibility index (Phi) is 3.75. The number of hydrogen-bond acceptors (Lipinski definition) is 5. The molecule has 0 aromatic carbocycles. The molecule has 1 saturated heterocycles. The van der Waals surface area contributed by atoms with Crippen molar-refractivity contribution in [3.05, 3.63) is 0 Å². The van der Waals surface area contributed by atoms with Gasteiger partial charge in [0.15, 0.2) is 0 Å². The molecule has 0 spiro atoms. The fourth-order valence-corrected chi connectivity index (χ4v) is 1.48. The molecule has 2 amide bonds. The number of likely N-dealkylation sites (tertiary alicyclic amines) is 1. The van der Waals surface area contributed by atoms with E-state index in [1.54, 1.807) is 20.8 Å². The first kappa shape index (κ1) is 13.5. The second-order valence-electron chi connectivity index (χ2n) is 4.92. The zero-order chi connectivity index (χ0) is 13.2. The molecule has 1 fully saturated rings. The fraction of sp³-hybridized carbons (Fsp3) is 0.727. The molecule has 6 heteroatoms. The highest BCUT2D eigenvalue weighted by Gasteiger charge is 2.37. The lowest BCUT2D eigenvalue weighted by atomic mass is 10.2. The van der Waals surface area contributed by atoms with Gasteiger partial charge in [-0.15, -0.1) is 0 Å². The standard InChI is InChI=1S/C11H17NO5/c1-7(13)16-8-5-9(14)12(6-8)10(15)17-11(2,3)4/h8H,5-6H2,1-4H3. The first-order chi connectivity index (χ1) is 7.69. The maximum atomic E-state index is 11.6. The number of nitrogens with zero attached hydrogens (tertiary/aromatic N) is 1. The third kappa shape index (κ3) is 4.05. The second-order valence-corrected chi connectivity index (χ2v) is 4.92. The third-order valence-corrected chi connectivity index (χ3v) is 2.04. The molecule has 0 bridgehead atoms. The van der Waals surface area contributed by atoms with Gasteiger partial charge in [0.1, 0.15) is 11.7 Å². The van der Waals surface area contributed by atoms with E-state index in [0.29, 0.717) is 0 Å². The lowest BCUT2D eigenvalue weighted by molar-refractivity contribution is -0.145. The third-order valence-electron chi connectivity index (χ3n) is 2.04. The van der Waals surface area contributed by atoms with Crippen LogP contribution in [-0.2, 0) is 19.1 Å². The van der Waals surface area contributed by atoms with Crippen LogP contribution in [0.1, 0.15) is 34.1 Å². The monoisotopic (exact) mass is 243 g/mol. The molecule has 1 heterocycles. The molecule has 0 radical (unpaired) electrons. The van der Waals surface area contributed by atoms with Crippen LogP contribution in [0.5, 0.6) is 0 Å². The van der Waals surface area contributed by atoms with Crippen LogP contribution in [0.25, 0.3) is 0 Å². The van der Waals surface area contributed by atoms with Crippen molar-refractivity contribution in [1.29, 1.82) is 0 Å². The van der Waals surface area contributed by atoms with Crippen LogP contribution < -0.4 is 0 Å². The van der Waals surface area contributed by atoms with Gasteiger partial charge in [0, 0.05) is 6.92 Å². The van der Waals surface area contributed by atoms with Gasteiger partial charge in [-0.05, 0) is 20.8 Å². The molecule has 1 aliphatic rings. The van der Waals surface area contributed by atoms with Crippen LogP contribution in [0, 0.1) is 0 Å². The van der Waals surface area contributed by atoms with Crippen LogP contribution >= 0.6 is 0 Å². The van der Waals surface area contributed by atoms with Gasteiger partial charge in [-0.1, -0.05) is 0 Å². The van der Waals surface area contributed by atoms with Crippen LogP contribution in [0.2, 0.25) is 0 Å². The molecule has 1 rings (SSSR count). The van der Waals surface area contributed by atoms with E-state index >= 15 is 0 Å². The highest BCUT2D eigenvalue weighted by Crippen LogP contribution is 2.18. The van der Waals surface area contributed by atoms with Crippen molar-refractivity contribution in [3.8, 4) is 0 Å². The minimum Gasteiger partial charge on any atom is -0.460 e. The fourth-order valence-electron chi connectivity index (χ4n) is 1.48. The second kappa shape index (κ2) is 4.73. The maximum absolute atomic E-state index is 11.6. The van der Waals surface area contributed by atoms with Gasteiger partial charge in [0.05, 0.1) is 13.0 Å². The van der Waals surface area contributed by atoms with Crippen molar-refractivity contribution in [3.63, 3.8) is 0 Å². The van der Waals surface area contributed by atoms with Crippen LogP contribution in [0.15, 0.2) is 0 Å². The zero-order valence-electron chi connectivity index (χ0n) is 10.5. The van der Waals surface area contributed by atoms with Gasteiger partial charge in [-0.2, -0.15) is 0 Å². The maximum Gasteiger partial charge on any atom is 0.417 e. The molecule has 6 nitrogen and oxygen atoms in total. The van der Waals surface area contributed by atoms with Crippen molar-refractivity contribution in [2.45, 2.75) is 45.8 Å². The Bertz CT molecular complexity index is 344. The van der Waals surface area contributed by atoms with Gasteiger partial charge >= 0.3 is 12.1 Å². The minimum atomic E-state index is -0.697. The molecule has 17 heavy (non-hydrogen) atoms. The summed E-state index contributed by atoms with van der Waals surface area (Å²) in [5.41, 5.74) is -0.656. The number of amides is 2. The molecule has 0 N–H and O–H groups in total. The Morgan fingerprint density at radius 3 is 2.41 bits per heavy atom. The van der Waals surface area contributed by atoms with Crippen molar-refractivity contribution in [1.82, 2.24) is 4.90 Å². The SMILES string of the molecule is CC(=O)OC1CC(=O)N(C(=O)OC(C)(C)C)C1. The Labute approximate surface area is 99.9 Å².